The van der Waals surface area contributed by atoms with E-state index in [0.717, 1.165) is 10.8 Å². The maximum absolute atomic E-state index is 13.5. The average Bonchev–Trinajstić information content (AvgIpc) is 3.02. The van der Waals surface area contributed by atoms with E-state index in [4.69, 9.17) is 14.2 Å². The maximum Gasteiger partial charge on any atom is 0.326 e. The molecule has 9 heteroatoms. The molecule has 152 valence electrons. The van der Waals surface area contributed by atoms with Gasteiger partial charge in [-0.1, -0.05) is 17.4 Å². The number of halogens is 1. The van der Waals surface area contributed by atoms with E-state index < -0.39 is 17.7 Å². The number of aromatic nitrogens is 1. The monoisotopic (exact) mass is 418 g/mol. The fourth-order valence-electron chi connectivity index (χ4n) is 2.74. The van der Waals surface area contributed by atoms with Gasteiger partial charge in [-0.05, 0) is 25.1 Å². The van der Waals surface area contributed by atoms with E-state index in [2.05, 4.69) is 4.99 Å². The Morgan fingerprint density at radius 2 is 1.86 bits per heavy atom. The summed E-state index contributed by atoms with van der Waals surface area (Å²) in [6.45, 7) is 1.80. The van der Waals surface area contributed by atoms with E-state index in [0.29, 0.717) is 17.0 Å². The number of nitrogens with zero attached hydrogens (tertiary/aromatic N) is 2. The second-order valence-electron chi connectivity index (χ2n) is 5.88. The van der Waals surface area contributed by atoms with Gasteiger partial charge in [-0.2, -0.15) is 4.99 Å². The lowest BCUT2D eigenvalue weighted by molar-refractivity contribution is -0.143. The third-order valence-corrected chi connectivity index (χ3v) is 5.09. The number of benzene rings is 2. The van der Waals surface area contributed by atoms with E-state index in [9.17, 15) is 14.0 Å². The summed E-state index contributed by atoms with van der Waals surface area (Å²) in [5.74, 6) is -0.642. The fraction of sp³-hybridized carbons (Fsp3) is 0.250. The van der Waals surface area contributed by atoms with Gasteiger partial charge in [-0.15, -0.1) is 0 Å². The lowest BCUT2D eigenvalue weighted by Gasteiger charge is -2.09. The molecular weight excluding hydrogens is 399 g/mol. The van der Waals surface area contributed by atoms with E-state index >= 15 is 0 Å². The molecule has 0 aliphatic heterocycles. The highest BCUT2D eigenvalue weighted by atomic mass is 32.1. The van der Waals surface area contributed by atoms with Crippen molar-refractivity contribution in [1.82, 2.24) is 4.57 Å². The number of hydrogen-bond acceptors (Lipinski definition) is 6. The van der Waals surface area contributed by atoms with E-state index in [1.807, 2.05) is 0 Å². The van der Waals surface area contributed by atoms with Crippen LogP contribution in [0.15, 0.2) is 41.4 Å². The quantitative estimate of drug-likeness (QED) is 0.575. The number of esters is 1. The predicted octanol–water partition coefficient (Wildman–Crippen LogP) is 3.16. The minimum atomic E-state index is -0.618. The summed E-state index contributed by atoms with van der Waals surface area (Å²) in [5, 5.41) is 0. The molecule has 0 fully saturated rings. The molecule has 1 heterocycles. The van der Waals surface area contributed by atoms with Crippen LogP contribution >= 0.6 is 11.3 Å². The fourth-order valence-corrected chi connectivity index (χ4v) is 3.78. The van der Waals surface area contributed by atoms with Crippen LogP contribution in [0, 0.1) is 5.82 Å². The molecule has 0 unspecified atom stereocenters. The van der Waals surface area contributed by atoms with E-state index in [1.165, 1.54) is 43.8 Å². The molecule has 0 N–H and O–H groups in total. The first-order valence-corrected chi connectivity index (χ1v) is 9.54. The number of thiazole rings is 1. The van der Waals surface area contributed by atoms with Gasteiger partial charge < -0.3 is 18.8 Å². The van der Waals surface area contributed by atoms with Crippen molar-refractivity contribution in [2.75, 3.05) is 20.8 Å². The van der Waals surface area contributed by atoms with Crippen molar-refractivity contribution in [2.24, 2.45) is 4.99 Å². The highest BCUT2D eigenvalue weighted by Crippen LogP contribution is 2.33. The van der Waals surface area contributed by atoms with Crippen LogP contribution in [0.1, 0.15) is 17.3 Å². The summed E-state index contributed by atoms with van der Waals surface area (Å²) < 4.78 is 31.4. The molecule has 29 heavy (non-hydrogen) atoms. The van der Waals surface area contributed by atoms with Gasteiger partial charge in [0.2, 0.25) is 0 Å². The van der Waals surface area contributed by atoms with Crippen LogP contribution < -0.4 is 14.3 Å². The molecule has 0 aliphatic rings. The Morgan fingerprint density at radius 3 is 2.52 bits per heavy atom. The first-order chi connectivity index (χ1) is 14.0. The molecule has 1 amide bonds. The number of carbonyl (C=O) groups excluding carboxylic acids is 2. The minimum Gasteiger partial charge on any atom is -0.493 e. The molecule has 3 aromatic rings. The average molecular weight is 418 g/mol. The van der Waals surface area contributed by atoms with Gasteiger partial charge in [0, 0.05) is 17.7 Å². The summed E-state index contributed by atoms with van der Waals surface area (Å²) in [6, 6.07) is 8.72. The van der Waals surface area contributed by atoms with Crippen molar-refractivity contribution < 1.29 is 28.2 Å². The molecule has 0 saturated heterocycles. The number of amides is 1. The minimum absolute atomic E-state index is 0.111. The SMILES string of the molecule is CCOC(=O)Cn1c(=NC(=O)c2cccc(F)c2)sc2cc(OC)c(OC)cc21. The summed E-state index contributed by atoms with van der Waals surface area (Å²) >= 11 is 1.20. The Balaban J connectivity index is 2.18. The second-order valence-corrected chi connectivity index (χ2v) is 6.89. The van der Waals surface area contributed by atoms with Gasteiger partial charge in [0.05, 0.1) is 31.0 Å². The summed E-state index contributed by atoms with van der Waals surface area (Å²) in [6.07, 6.45) is 0. The topological polar surface area (TPSA) is 79.1 Å². The molecule has 7 nitrogen and oxygen atoms in total. The molecule has 0 saturated carbocycles. The summed E-state index contributed by atoms with van der Waals surface area (Å²) in [7, 11) is 3.02. The number of carbonyl (C=O) groups is 2. The summed E-state index contributed by atoms with van der Waals surface area (Å²) in [5.41, 5.74) is 0.742. The van der Waals surface area contributed by atoms with Gasteiger partial charge in [0.15, 0.2) is 16.3 Å². The van der Waals surface area contributed by atoms with Crippen molar-refractivity contribution in [2.45, 2.75) is 13.5 Å². The van der Waals surface area contributed by atoms with Crippen LogP contribution in [0.5, 0.6) is 11.5 Å². The van der Waals surface area contributed by atoms with Crippen molar-refractivity contribution in [3.05, 3.63) is 52.6 Å². The molecule has 0 bridgehead atoms. The highest BCUT2D eigenvalue weighted by Gasteiger charge is 2.16. The largest absolute Gasteiger partial charge is 0.493 e. The maximum atomic E-state index is 13.5. The number of fused-ring (bicyclic) bond motifs is 1. The smallest absolute Gasteiger partial charge is 0.326 e. The molecule has 0 spiro atoms. The van der Waals surface area contributed by atoms with Crippen LogP contribution in [0.3, 0.4) is 0 Å². The van der Waals surface area contributed by atoms with E-state index in [-0.39, 0.29) is 23.5 Å². The van der Waals surface area contributed by atoms with Crippen molar-refractivity contribution in [1.29, 1.82) is 0 Å². The number of rotatable bonds is 6. The zero-order valence-electron chi connectivity index (χ0n) is 16.1. The second kappa shape index (κ2) is 8.87. The van der Waals surface area contributed by atoms with Gasteiger partial charge in [0.25, 0.3) is 5.91 Å². The zero-order chi connectivity index (χ0) is 21.0. The van der Waals surface area contributed by atoms with Crippen LogP contribution in [0.25, 0.3) is 10.2 Å². The van der Waals surface area contributed by atoms with Gasteiger partial charge in [0.1, 0.15) is 12.4 Å². The molecule has 1 aromatic heterocycles. The normalized spacial score (nSPS) is 11.5. The predicted molar refractivity (Wildman–Crippen MR) is 106 cm³/mol. The molecular formula is C20H19FN2O5S. The van der Waals surface area contributed by atoms with Crippen molar-refractivity contribution >= 4 is 33.4 Å². The first-order valence-electron chi connectivity index (χ1n) is 8.72. The highest BCUT2D eigenvalue weighted by molar-refractivity contribution is 7.16. The zero-order valence-corrected chi connectivity index (χ0v) is 16.9. The Hall–Kier alpha value is -3.20. The van der Waals surface area contributed by atoms with Crippen LogP contribution in [0.2, 0.25) is 0 Å². The van der Waals surface area contributed by atoms with Crippen LogP contribution in [0.4, 0.5) is 4.39 Å². The van der Waals surface area contributed by atoms with Gasteiger partial charge >= 0.3 is 5.97 Å². The van der Waals surface area contributed by atoms with Gasteiger partial charge in [-0.3, -0.25) is 9.59 Å². The van der Waals surface area contributed by atoms with Crippen LogP contribution in [-0.2, 0) is 16.1 Å². The Bertz CT molecular complexity index is 1140. The Morgan fingerprint density at radius 1 is 1.14 bits per heavy atom. The molecule has 0 atom stereocenters. The molecule has 0 aliphatic carbocycles. The third kappa shape index (κ3) is 4.45. The molecule has 3 rings (SSSR count). The van der Waals surface area contributed by atoms with Gasteiger partial charge in [-0.25, -0.2) is 4.39 Å². The number of hydrogen-bond donors (Lipinski definition) is 0. The first kappa shape index (κ1) is 20.5. The Labute approximate surface area is 170 Å². The van der Waals surface area contributed by atoms with E-state index in [1.54, 1.807) is 23.6 Å². The van der Waals surface area contributed by atoms with Crippen LogP contribution in [-0.4, -0.2) is 37.3 Å². The lowest BCUT2D eigenvalue weighted by atomic mass is 10.2. The van der Waals surface area contributed by atoms with Crippen molar-refractivity contribution in [3.63, 3.8) is 0 Å². The number of methoxy groups -OCH3 is 2. The third-order valence-electron chi connectivity index (χ3n) is 4.05. The summed E-state index contributed by atoms with van der Waals surface area (Å²) in [4.78, 5) is 29.1. The lowest BCUT2D eigenvalue weighted by Crippen LogP contribution is -2.23. The Kier molecular flexibility index (Phi) is 6.28. The van der Waals surface area contributed by atoms with Crippen molar-refractivity contribution in [3.8, 4) is 11.5 Å². The number of ether oxygens (including phenoxy) is 3. The molecule has 2 aromatic carbocycles. The standard InChI is InChI=1S/C20H19FN2O5S/c1-4-28-18(24)11-23-14-9-15(26-2)16(27-3)10-17(14)29-20(23)22-19(25)12-6-5-7-13(21)8-12/h5-10H,4,11H2,1-3H3. The molecule has 0 radical (unpaired) electrons.